The van der Waals surface area contributed by atoms with E-state index in [0.29, 0.717) is 33.4 Å². The zero-order chi connectivity index (χ0) is 25.4. The molecule has 1 unspecified atom stereocenters. The van der Waals surface area contributed by atoms with Crippen LogP contribution in [0, 0.1) is 10.1 Å². The van der Waals surface area contributed by atoms with Crippen LogP contribution in [0.3, 0.4) is 0 Å². The Kier molecular flexibility index (Phi) is 6.24. The van der Waals surface area contributed by atoms with Crippen molar-refractivity contribution in [3.05, 3.63) is 69.8 Å². The maximum absolute atomic E-state index is 13.3. The molecular formula is C23H20F3N3O6. The minimum atomic E-state index is -5.06. The monoisotopic (exact) mass is 491 g/mol. The van der Waals surface area contributed by atoms with Crippen molar-refractivity contribution in [1.29, 1.82) is 0 Å². The van der Waals surface area contributed by atoms with Gasteiger partial charge in [-0.15, -0.1) is 0 Å². The topological polar surface area (TPSA) is 117 Å². The predicted molar refractivity (Wildman–Crippen MR) is 119 cm³/mol. The normalized spacial score (nSPS) is 18.0. The molecule has 0 bridgehead atoms. The minimum absolute atomic E-state index is 0.0388. The summed E-state index contributed by atoms with van der Waals surface area (Å²) >= 11 is 0. The molecule has 1 aliphatic carbocycles. The maximum Gasteiger partial charge on any atom is 0.465 e. The fourth-order valence-corrected chi connectivity index (χ4v) is 3.94. The van der Waals surface area contributed by atoms with Crippen molar-refractivity contribution >= 4 is 27.8 Å². The second kappa shape index (κ2) is 9.02. The van der Waals surface area contributed by atoms with E-state index in [9.17, 15) is 28.1 Å². The molecule has 1 aliphatic rings. The van der Waals surface area contributed by atoms with Gasteiger partial charge in [0, 0.05) is 40.0 Å². The van der Waals surface area contributed by atoms with Gasteiger partial charge in [0.05, 0.1) is 31.3 Å². The molecule has 1 aromatic carbocycles. The Balaban J connectivity index is 1.72. The fourth-order valence-electron chi connectivity index (χ4n) is 3.94. The number of nitro groups is 1. The van der Waals surface area contributed by atoms with E-state index in [-0.39, 0.29) is 30.4 Å². The van der Waals surface area contributed by atoms with E-state index >= 15 is 0 Å². The first-order valence-corrected chi connectivity index (χ1v) is 10.5. The molecule has 0 radical (unpaired) electrons. The number of carbonyl (C=O) groups is 1. The number of carbonyl (C=O) groups excluding carboxylic acids is 1. The zero-order valence-electron chi connectivity index (χ0n) is 18.6. The van der Waals surface area contributed by atoms with Gasteiger partial charge in [-0.05, 0) is 37.3 Å². The minimum Gasteiger partial charge on any atom is -0.461 e. The molecule has 9 nitrogen and oxygen atoms in total. The van der Waals surface area contributed by atoms with Crippen molar-refractivity contribution in [3.63, 3.8) is 0 Å². The van der Waals surface area contributed by atoms with Gasteiger partial charge in [-0.25, -0.2) is 9.78 Å². The molecule has 35 heavy (non-hydrogen) atoms. The number of fused-ring (bicyclic) bond motifs is 3. The highest BCUT2D eigenvalue weighted by Gasteiger charge is 2.64. The molecule has 0 amide bonds. The molecule has 1 atom stereocenters. The van der Waals surface area contributed by atoms with Crippen molar-refractivity contribution in [2.75, 3.05) is 13.7 Å². The van der Waals surface area contributed by atoms with Crippen LogP contribution in [0.1, 0.15) is 29.4 Å². The molecule has 1 N–H and O–H groups in total. The number of esters is 1. The number of ether oxygens (including phenoxy) is 3. The van der Waals surface area contributed by atoms with E-state index in [1.165, 1.54) is 13.3 Å². The molecule has 0 saturated heterocycles. The Morgan fingerprint density at radius 2 is 2.09 bits per heavy atom. The van der Waals surface area contributed by atoms with E-state index in [0.717, 1.165) is 12.2 Å². The number of hydrogen-bond acceptors (Lipinski definition) is 7. The van der Waals surface area contributed by atoms with Gasteiger partial charge in [-0.2, -0.15) is 13.2 Å². The van der Waals surface area contributed by atoms with E-state index < -0.39 is 29.0 Å². The molecule has 4 rings (SSSR count). The third kappa shape index (κ3) is 4.20. The molecular weight excluding hydrogens is 471 g/mol. The van der Waals surface area contributed by atoms with E-state index in [1.807, 2.05) is 0 Å². The summed E-state index contributed by atoms with van der Waals surface area (Å²) in [6.07, 6.45) is -1.96. The lowest BCUT2D eigenvalue weighted by molar-refractivity contribution is -0.596. The summed E-state index contributed by atoms with van der Waals surface area (Å²) in [5.74, 6) is -0.274. The van der Waals surface area contributed by atoms with Gasteiger partial charge >= 0.3 is 17.7 Å². The first-order chi connectivity index (χ1) is 16.6. The summed E-state index contributed by atoms with van der Waals surface area (Å²) in [6.45, 7) is 1.93. The van der Waals surface area contributed by atoms with E-state index in [1.54, 1.807) is 25.1 Å². The lowest BCUT2D eigenvalue weighted by Gasteiger charge is -2.25. The van der Waals surface area contributed by atoms with Crippen molar-refractivity contribution in [1.82, 2.24) is 9.97 Å². The number of benzene rings is 1. The van der Waals surface area contributed by atoms with Gasteiger partial charge < -0.3 is 19.2 Å². The number of methoxy groups -OCH3 is 1. The number of hydrogen-bond donors (Lipinski definition) is 1. The number of alkyl halides is 3. The van der Waals surface area contributed by atoms with Crippen LogP contribution in [0.15, 0.2) is 48.4 Å². The number of H-pyrrole nitrogens is 1. The van der Waals surface area contributed by atoms with Crippen LogP contribution in [-0.2, 0) is 16.1 Å². The number of aromatic amines is 1. The molecule has 12 heteroatoms. The lowest BCUT2D eigenvalue weighted by Crippen LogP contribution is -2.50. The predicted octanol–water partition coefficient (Wildman–Crippen LogP) is 4.84. The number of halogens is 3. The summed E-state index contributed by atoms with van der Waals surface area (Å²) in [7, 11) is 1.48. The second-order valence-electron chi connectivity index (χ2n) is 7.79. The molecule has 2 heterocycles. The molecule has 2 aromatic heterocycles. The summed E-state index contributed by atoms with van der Waals surface area (Å²) in [5.41, 5.74) is -1.24. The summed E-state index contributed by atoms with van der Waals surface area (Å²) in [4.78, 5) is 29.6. The average Bonchev–Trinajstić information content (AvgIpc) is 3.17. The standard InChI is InChI=1S/C23H20F3N3O6/c1-3-34-21(30)20-16(12-33-2)19-15-10-14(4-5-17(15)28-18(19)11-27-20)35-13-6-8-22(9-7-13,29(31)32)23(24,25)26/h4-8,10-11,28H,3,9,12H2,1-2H3. The molecule has 0 aliphatic heterocycles. The quantitative estimate of drug-likeness (QED) is 0.286. The highest BCUT2D eigenvalue weighted by atomic mass is 19.4. The van der Waals surface area contributed by atoms with Crippen LogP contribution in [0.4, 0.5) is 13.2 Å². The van der Waals surface area contributed by atoms with Crippen molar-refractivity contribution in [2.24, 2.45) is 0 Å². The Labute approximate surface area is 196 Å². The van der Waals surface area contributed by atoms with Gasteiger partial charge in [0.15, 0.2) is 5.69 Å². The van der Waals surface area contributed by atoms with Crippen LogP contribution in [0.2, 0.25) is 0 Å². The van der Waals surface area contributed by atoms with Gasteiger partial charge in [-0.1, -0.05) is 0 Å². The number of nitrogens with zero attached hydrogens (tertiary/aromatic N) is 2. The van der Waals surface area contributed by atoms with Gasteiger partial charge in [0.25, 0.3) is 0 Å². The second-order valence-corrected chi connectivity index (χ2v) is 7.79. The van der Waals surface area contributed by atoms with Crippen molar-refractivity contribution in [2.45, 2.75) is 31.7 Å². The third-order valence-corrected chi connectivity index (χ3v) is 5.66. The lowest BCUT2D eigenvalue weighted by atomic mass is 9.91. The summed E-state index contributed by atoms with van der Waals surface area (Å²) in [5, 5.41) is 12.5. The molecule has 0 saturated carbocycles. The van der Waals surface area contributed by atoms with Crippen LogP contribution in [-0.4, -0.2) is 46.3 Å². The molecule has 0 spiro atoms. The number of allylic oxidation sites excluding steroid dienone is 1. The largest absolute Gasteiger partial charge is 0.465 e. The van der Waals surface area contributed by atoms with Gasteiger partial charge in [0.1, 0.15) is 11.5 Å². The highest BCUT2D eigenvalue weighted by Crippen LogP contribution is 2.40. The fraction of sp³-hybridized carbons (Fsp3) is 0.304. The van der Waals surface area contributed by atoms with Crippen LogP contribution in [0.5, 0.6) is 5.75 Å². The molecule has 0 fully saturated rings. The van der Waals surface area contributed by atoms with Crippen LogP contribution in [0.25, 0.3) is 21.8 Å². The number of pyridine rings is 1. The van der Waals surface area contributed by atoms with E-state index in [2.05, 4.69) is 9.97 Å². The first kappa shape index (κ1) is 24.2. The highest BCUT2D eigenvalue weighted by molar-refractivity contribution is 6.11. The zero-order valence-corrected chi connectivity index (χ0v) is 18.6. The average molecular weight is 491 g/mol. The SMILES string of the molecule is CCOC(=O)c1ncc2[nH]c3ccc(OC4=CCC([N+](=O)[O-])(C(F)(F)F)C=C4)cc3c2c1COC. The Hall–Kier alpha value is -3.93. The van der Waals surface area contributed by atoms with E-state index in [4.69, 9.17) is 14.2 Å². The van der Waals surface area contributed by atoms with Gasteiger partial charge in [0.2, 0.25) is 0 Å². The summed E-state index contributed by atoms with van der Waals surface area (Å²) in [6, 6.07) is 4.95. The number of nitrogens with one attached hydrogen (secondary N) is 1. The molecule has 3 aromatic rings. The van der Waals surface area contributed by atoms with Crippen molar-refractivity contribution < 1.29 is 37.1 Å². The van der Waals surface area contributed by atoms with Crippen molar-refractivity contribution in [3.8, 4) is 5.75 Å². The smallest absolute Gasteiger partial charge is 0.461 e. The number of aromatic nitrogens is 2. The summed E-state index contributed by atoms with van der Waals surface area (Å²) < 4.78 is 56.0. The van der Waals surface area contributed by atoms with Gasteiger partial charge in [-0.3, -0.25) is 10.1 Å². The number of rotatable bonds is 7. The Morgan fingerprint density at radius 1 is 1.31 bits per heavy atom. The maximum atomic E-state index is 13.3. The third-order valence-electron chi connectivity index (χ3n) is 5.66. The molecule has 184 valence electrons. The van der Waals surface area contributed by atoms with Crippen LogP contribution < -0.4 is 4.74 Å². The first-order valence-electron chi connectivity index (χ1n) is 10.5. The Bertz CT molecular complexity index is 1380. The Morgan fingerprint density at radius 3 is 2.69 bits per heavy atom. The van der Waals surface area contributed by atoms with Crippen LogP contribution >= 0.6 is 0 Å².